The van der Waals surface area contributed by atoms with E-state index in [-0.39, 0.29) is 17.6 Å². The Labute approximate surface area is 301 Å². The maximum absolute atomic E-state index is 14.4. The highest BCUT2D eigenvalue weighted by atomic mass is 16.7. The van der Waals surface area contributed by atoms with Crippen molar-refractivity contribution in [3.63, 3.8) is 0 Å². The minimum atomic E-state index is -2.71. The quantitative estimate of drug-likeness (QED) is 0.243. The van der Waals surface area contributed by atoms with E-state index in [0.717, 1.165) is 34.6 Å². The van der Waals surface area contributed by atoms with Gasteiger partial charge in [0.1, 0.15) is 18.3 Å². The van der Waals surface area contributed by atoms with Gasteiger partial charge in [0.25, 0.3) is 0 Å². The second kappa shape index (κ2) is 14.8. The van der Waals surface area contributed by atoms with Crippen molar-refractivity contribution in [3.8, 4) is 0 Å². The number of ketones is 1. The summed E-state index contributed by atoms with van der Waals surface area (Å²) in [6, 6.07) is 7.68. The third kappa shape index (κ3) is 7.20. The molecule has 284 valence electrons. The Morgan fingerprint density at radius 2 is 1.31 bits per heavy atom. The Morgan fingerprint density at radius 3 is 1.83 bits per heavy atom. The maximum atomic E-state index is 14.4. The van der Waals surface area contributed by atoms with Crippen LogP contribution in [0, 0.1) is 23.2 Å². The molecule has 0 aromatic heterocycles. The number of ether oxygens (including phenoxy) is 7. The lowest BCUT2D eigenvalue weighted by atomic mass is 9.68. The lowest BCUT2D eigenvalue weighted by molar-refractivity contribution is -0.334. The summed E-state index contributed by atoms with van der Waals surface area (Å²) in [7, 11) is 0. The fourth-order valence-electron chi connectivity index (χ4n) is 7.99. The molecule has 2 bridgehead atoms. The number of aliphatic hydroxyl groups is 1. The van der Waals surface area contributed by atoms with Crippen LogP contribution in [-0.2, 0) is 61.9 Å². The SMILES string of the molecule is C=C1C(OC(C)=O)[C@H]2[C@@H](OC(C)=O)[C@@H](C)C[C@]2(OC(C)=O)[C@]2(O)O[C@@H](C(=O)[C@H]2C)C(C)(C)[C@H](OC(C)=O)C(OC(=O)c2ccccc2)[C@H]1OC(C)=O. The first kappa shape index (κ1) is 40.1. The Hall–Kier alpha value is -4.63. The number of hydrogen-bond acceptors (Lipinski definition) is 15. The van der Waals surface area contributed by atoms with Gasteiger partial charge in [0, 0.05) is 45.6 Å². The molecule has 1 saturated carbocycles. The molecule has 4 rings (SSSR count). The number of benzene rings is 1. The van der Waals surface area contributed by atoms with Crippen molar-refractivity contribution < 1.29 is 71.8 Å². The zero-order valence-corrected chi connectivity index (χ0v) is 30.7. The summed E-state index contributed by atoms with van der Waals surface area (Å²) in [6.07, 6.45) is -10.4. The molecule has 0 spiro atoms. The zero-order valence-electron chi connectivity index (χ0n) is 30.7. The predicted molar refractivity (Wildman–Crippen MR) is 177 cm³/mol. The van der Waals surface area contributed by atoms with Gasteiger partial charge in [-0.15, -0.1) is 0 Å². The molecule has 15 nitrogen and oxygen atoms in total. The topological polar surface area (TPSA) is 204 Å². The Kier molecular flexibility index (Phi) is 11.4. The third-order valence-electron chi connectivity index (χ3n) is 10.1. The second-order valence-electron chi connectivity index (χ2n) is 14.3. The van der Waals surface area contributed by atoms with Gasteiger partial charge in [-0.25, -0.2) is 4.79 Å². The van der Waals surface area contributed by atoms with Gasteiger partial charge in [-0.2, -0.15) is 0 Å². The molecule has 52 heavy (non-hydrogen) atoms. The lowest BCUT2D eigenvalue weighted by Crippen LogP contribution is -2.66. The molecule has 2 heterocycles. The zero-order chi connectivity index (χ0) is 39.1. The molecule has 3 aliphatic rings. The summed E-state index contributed by atoms with van der Waals surface area (Å²) in [4.78, 5) is 92.5. The summed E-state index contributed by atoms with van der Waals surface area (Å²) in [6.45, 7) is 15.4. The molecular formula is C37H46O15. The van der Waals surface area contributed by atoms with Crippen molar-refractivity contribution in [2.45, 2.75) is 117 Å². The highest BCUT2D eigenvalue weighted by Crippen LogP contribution is 2.60. The molecule has 0 radical (unpaired) electrons. The molecule has 1 aromatic carbocycles. The first-order valence-electron chi connectivity index (χ1n) is 16.9. The van der Waals surface area contributed by atoms with Crippen LogP contribution in [0.3, 0.4) is 0 Å². The van der Waals surface area contributed by atoms with Crippen LogP contribution in [0.5, 0.6) is 0 Å². The number of carbonyl (C=O) groups is 7. The number of rotatable bonds is 7. The van der Waals surface area contributed by atoms with Crippen molar-refractivity contribution >= 4 is 41.6 Å². The number of carbonyl (C=O) groups excluding carboxylic acids is 7. The smallest absolute Gasteiger partial charge is 0.338 e. The molecule has 3 fully saturated rings. The van der Waals surface area contributed by atoms with Crippen molar-refractivity contribution in [3.05, 3.63) is 48.0 Å². The summed E-state index contributed by atoms with van der Waals surface area (Å²) < 4.78 is 41.7. The van der Waals surface area contributed by atoms with Crippen LogP contribution in [0.1, 0.15) is 79.1 Å². The number of hydrogen-bond donors (Lipinski definition) is 1. The molecular weight excluding hydrogens is 684 g/mol. The van der Waals surface area contributed by atoms with E-state index < -0.39 is 113 Å². The fraction of sp³-hybridized carbons (Fsp3) is 0.595. The first-order valence-corrected chi connectivity index (χ1v) is 16.9. The van der Waals surface area contributed by atoms with Gasteiger partial charge in [0.2, 0.25) is 5.79 Å². The molecule has 11 atom stereocenters. The van der Waals surface area contributed by atoms with Gasteiger partial charge in [-0.1, -0.05) is 52.5 Å². The Morgan fingerprint density at radius 1 is 0.769 bits per heavy atom. The van der Waals surface area contributed by atoms with Gasteiger partial charge in [0.05, 0.1) is 17.4 Å². The van der Waals surface area contributed by atoms with Crippen molar-refractivity contribution in [1.82, 2.24) is 0 Å². The number of esters is 6. The molecule has 2 aliphatic heterocycles. The van der Waals surface area contributed by atoms with Crippen molar-refractivity contribution in [2.75, 3.05) is 0 Å². The van der Waals surface area contributed by atoms with Crippen LogP contribution < -0.4 is 0 Å². The van der Waals surface area contributed by atoms with E-state index in [1.54, 1.807) is 25.1 Å². The maximum Gasteiger partial charge on any atom is 0.338 e. The van der Waals surface area contributed by atoms with Crippen LogP contribution in [0.2, 0.25) is 0 Å². The minimum Gasteiger partial charge on any atom is -0.462 e. The minimum absolute atomic E-state index is 0.0459. The fourth-order valence-corrected chi connectivity index (χ4v) is 7.99. The molecule has 1 aliphatic carbocycles. The highest BCUT2D eigenvalue weighted by Gasteiger charge is 2.77. The van der Waals surface area contributed by atoms with Crippen LogP contribution in [0.4, 0.5) is 0 Å². The normalized spacial score (nSPS) is 35.2. The average Bonchev–Trinajstić information content (AvgIpc) is 3.45. The van der Waals surface area contributed by atoms with Gasteiger partial charge in [0.15, 0.2) is 29.7 Å². The lowest BCUT2D eigenvalue weighted by Gasteiger charge is -2.49. The molecule has 1 N–H and O–H groups in total. The molecule has 2 unspecified atom stereocenters. The Balaban J connectivity index is 2.16. The second-order valence-corrected chi connectivity index (χ2v) is 14.3. The first-order chi connectivity index (χ1) is 24.1. The highest BCUT2D eigenvalue weighted by molar-refractivity contribution is 5.90. The van der Waals surface area contributed by atoms with E-state index in [4.69, 9.17) is 33.2 Å². The standard InChI is InChI=1S/C37H46O15/c1-17-16-36(51-24(8)42)26(28(17)46-20(4)38)29(47-21(5)39)18(2)30(48-22(6)40)31(50-34(44)25-14-12-11-13-15-25)33(49-23(7)41)35(9,10)32-27(43)19(3)37(36,45)52-32/h11-15,17,19,26,28-33,45H,2,16H2,1,3-10H3/t17-,19+,26+,28-,29?,30-,31?,32-,33+,36+,37+/m0/s1. The van der Waals surface area contributed by atoms with Crippen LogP contribution in [0.25, 0.3) is 0 Å². The van der Waals surface area contributed by atoms with Crippen molar-refractivity contribution in [1.29, 1.82) is 0 Å². The number of Topliss-reactive ketones (excluding diaryl/α,β-unsaturated/α-hetero) is 1. The molecule has 2 saturated heterocycles. The van der Waals surface area contributed by atoms with Gasteiger partial charge >= 0.3 is 35.8 Å². The van der Waals surface area contributed by atoms with E-state index in [0.29, 0.717) is 0 Å². The van der Waals surface area contributed by atoms with E-state index in [1.165, 1.54) is 32.9 Å². The summed E-state index contributed by atoms with van der Waals surface area (Å²) in [5.74, 6) is -12.7. The number of fused-ring (bicyclic) bond motifs is 4. The summed E-state index contributed by atoms with van der Waals surface area (Å²) in [5, 5.41) is 12.8. The molecule has 15 heteroatoms. The third-order valence-corrected chi connectivity index (χ3v) is 10.1. The molecule has 0 amide bonds. The van der Waals surface area contributed by atoms with E-state index in [1.807, 2.05) is 0 Å². The van der Waals surface area contributed by atoms with E-state index in [9.17, 15) is 38.7 Å². The summed E-state index contributed by atoms with van der Waals surface area (Å²) >= 11 is 0. The van der Waals surface area contributed by atoms with Gasteiger partial charge in [-0.05, 0) is 24.5 Å². The predicted octanol–water partition coefficient (Wildman–Crippen LogP) is 2.79. The van der Waals surface area contributed by atoms with E-state index >= 15 is 0 Å². The van der Waals surface area contributed by atoms with Crippen molar-refractivity contribution in [2.24, 2.45) is 23.2 Å². The average molecular weight is 731 g/mol. The molecule has 1 aromatic rings. The van der Waals surface area contributed by atoms with Gasteiger partial charge < -0.3 is 38.3 Å². The van der Waals surface area contributed by atoms with Crippen LogP contribution >= 0.6 is 0 Å². The van der Waals surface area contributed by atoms with Gasteiger partial charge in [-0.3, -0.25) is 28.8 Å². The summed E-state index contributed by atoms with van der Waals surface area (Å²) in [5.41, 5.74) is -4.28. The van der Waals surface area contributed by atoms with E-state index in [2.05, 4.69) is 6.58 Å². The Bertz CT molecular complexity index is 1630. The largest absolute Gasteiger partial charge is 0.462 e. The van der Waals surface area contributed by atoms with Crippen LogP contribution in [0.15, 0.2) is 42.5 Å². The monoisotopic (exact) mass is 730 g/mol. The van der Waals surface area contributed by atoms with Crippen LogP contribution in [-0.4, -0.2) is 94.7 Å².